The Balaban J connectivity index is 1.53. The Kier molecular flexibility index (Phi) is 6.22. The molecule has 0 atom stereocenters. The van der Waals surface area contributed by atoms with Crippen molar-refractivity contribution in [1.82, 2.24) is 9.80 Å². The molecule has 1 aliphatic heterocycles. The van der Waals surface area contributed by atoms with E-state index in [1.54, 1.807) is 4.90 Å². The first-order chi connectivity index (χ1) is 13.0. The Morgan fingerprint density at radius 2 is 1.67 bits per heavy atom. The zero-order valence-electron chi connectivity index (χ0n) is 15.7. The molecule has 0 spiro atoms. The van der Waals surface area contributed by atoms with Crippen LogP contribution in [0.25, 0.3) is 0 Å². The molecular formula is C22H25FN2O2. The smallest absolute Gasteiger partial charge is 0.253 e. The topological polar surface area (TPSA) is 40.6 Å². The highest BCUT2D eigenvalue weighted by Gasteiger charge is 2.22. The molecule has 0 bridgehead atoms. The van der Waals surface area contributed by atoms with Gasteiger partial charge in [-0.3, -0.25) is 9.59 Å². The second-order valence-electron chi connectivity index (χ2n) is 7.02. The lowest BCUT2D eigenvalue weighted by molar-refractivity contribution is -0.131. The van der Waals surface area contributed by atoms with E-state index in [9.17, 15) is 14.0 Å². The van der Waals surface area contributed by atoms with Gasteiger partial charge in [0, 0.05) is 38.2 Å². The first-order valence-electron chi connectivity index (χ1n) is 9.41. The van der Waals surface area contributed by atoms with Gasteiger partial charge in [0.2, 0.25) is 5.91 Å². The average molecular weight is 368 g/mol. The fraction of sp³-hybridized carbons (Fsp3) is 0.364. The highest BCUT2D eigenvalue weighted by molar-refractivity contribution is 5.94. The molecule has 2 amide bonds. The SMILES string of the molecule is Cc1cccc(CCC(=O)N2CCCN(C(=O)c3ccc(F)cc3)CC2)c1. The van der Waals surface area contributed by atoms with Crippen LogP contribution in [0.4, 0.5) is 4.39 Å². The highest BCUT2D eigenvalue weighted by atomic mass is 19.1. The second-order valence-corrected chi connectivity index (χ2v) is 7.02. The zero-order chi connectivity index (χ0) is 19.2. The predicted octanol–water partition coefficient (Wildman–Crippen LogP) is 3.44. The van der Waals surface area contributed by atoms with E-state index < -0.39 is 0 Å². The molecule has 1 fully saturated rings. The van der Waals surface area contributed by atoms with Gasteiger partial charge in [-0.25, -0.2) is 4.39 Å². The molecule has 2 aromatic rings. The van der Waals surface area contributed by atoms with Crippen LogP contribution in [-0.4, -0.2) is 47.8 Å². The first kappa shape index (κ1) is 19.1. The van der Waals surface area contributed by atoms with Crippen molar-refractivity contribution in [3.05, 3.63) is 71.0 Å². The molecule has 0 N–H and O–H groups in total. The van der Waals surface area contributed by atoms with Crippen LogP contribution in [0.5, 0.6) is 0 Å². The minimum atomic E-state index is -0.354. The van der Waals surface area contributed by atoms with Gasteiger partial charge < -0.3 is 9.80 Å². The van der Waals surface area contributed by atoms with Crippen molar-refractivity contribution in [2.45, 2.75) is 26.2 Å². The van der Waals surface area contributed by atoms with E-state index in [-0.39, 0.29) is 17.6 Å². The summed E-state index contributed by atoms with van der Waals surface area (Å²) in [6, 6.07) is 13.8. The van der Waals surface area contributed by atoms with Gasteiger partial charge in [-0.1, -0.05) is 29.8 Å². The van der Waals surface area contributed by atoms with E-state index in [2.05, 4.69) is 6.07 Å². The summed E-state index contributed by atoms with van der Waals surface area (Å²) in [6.45, 7) is 4.37. The maximum Gasteiger partial charge on any atom is 0.253 e. The van der Waals surface area contributed by atoms with Crippen molar-refractivity contribution in [3.8, 4) is 0 Å². The highest BCUT2D eigenvalue weighted by Crippen LogP contribution is 2.13. The zero-order valence-corrected chi connectivity index (χ0v) is 15.7. The minimum absolute atomic E-state index is 0.107. The molecule has 2 aromatic carbocycles. The summed E-state index contributed by atoms with van der Waals surface area (Å²) in [5.41, 5.74) is 2.85. The lowest BCUT2D eigenvalue weighted by atomic mass is 10.1. The Morgan fingerprint density at radius 1 is 0.963 bits per heavy atom. The fourth-order valence-electron chi connectivity index (χ4n) is 3.42. The van der Waals surface area contributed by atoms with Crippen LogP contribution in [0.1, 0.15) is 34.3 Å². The standard InChI is InChI=1S/C22H25FN2O2/c1-17-4-2-5-18(16-17)6-11-21(26)24-12-3-13-25(15-14-24)22(27)19-7-9-20(23)10-8-19/h2,4-5,7-10,16H,3,6,11-15H2,1H3. The largest absolute Gasteiger partial charge is 0.341 e. The van der Waals surface area contributed by atoms with Crippen LogP contribution in [-0.2, 0) is 11.2 Å². The van der Waals surface area contributed by atoms with Crippen LogP contribution in [0.3, 0.4) is 0 Å². The number of carbonyl (C=O) groups excluding carboxylic acids is 2. The third-order valence-electron chi connectivity index (χ3n) is 4.94. The summed E-state index contributed by atoms with van der Waals surface area (Å²) in [4.78, 5) is 28.8. The number of aryl methyl sites for hydroxylation is 2. The third-order valence-corrected chi connectivity index (χ3v) is 4.94. The molecule has 0 aromatic heterocycles. The monoisotopic (exact) mass is 368 g/mol. The second kappa shape index (κ2) is 8.80. The molecule has 4 nitrogen and oxygen atoms in total. The number of rotatable bonds is 4. The minimum Gasteiger partial charge on any atom is -0.341 e. The van der Waals surface area contributed by atoms with Crippen molar-refractivity contribution in [1.29, 1.82) is 0 Å². The van der Waals surface area contributed by atoms with E-state index in [0.717, 1.165) is 12.8 Å². The Hall–Kier alpha value is -2.69. The van der Waals surface area contributed by atoms with E-state index in [1.165, 1.54) is 35.4 Å². The van der Waals surface area contributed by atoms with Crippen molar-refractivity contribution >= 4 is 11.8 Å². The third kappa shape index (κ3) is 5.16. The summed E-state index contributed by atoms with van der Waals surface area (Å²) in [5.74, 6) is -0.329. The molecule has 1 aliphatic rings. The number of hydrogen-bond donors (Lipinski definition) is 0. The van der Waals surface area contributed by atoms with Crippen LogP contribution >= 0.6 is 0 Å². The molecule has 5 heteroatoms. The number of hydrogen-bond acceptors (Lipinski definition) is 2. The van der Waals surface area contributed by atoms with Gasteiger partial charge in [0.15, 0.2) is 0 Å². The quantitative estimate of drug-likeness (QED) is 0.829. The maximum absolute atomic E-state index is 13.0. The molecule has 0 saturated carbocycles. The molecule has 1 saturated heterocycles. The molecule has 1 heterocycles. The molecule has 0 unspecified atom stereocenters. The summed E-state index contributed by atoms with van der Waals surface area (Å²) < 4.78 is 13.0. The Bertz CT molecular complexity index is 804. The van der Waals surface area contributed by atoms with Crippen LogP contribution in [0.2, 0.25) is 0 Å². The molecular weight excluding hydrogens is 343 g/mol. The lowest BCUT2D eigenvalue weighted by Gasteiger charge is -2.22. The van der Waals surface area contributed by atoms with E-state index in [0.29, 0.717) is 38.2 Å². The first-order valence-corrected chi connectivity index (χ1v) is 9.41. The van der Waals surface area contributed by atoms with E-state index in [1.807, 2.05) is 30.0 Å². The summed E-state index contributed by atoms with van der Waals surface area (Å²) >= 11 is 0. The van der Waals surface area contributed by atoms with Crippen LogP contribution in [0.15, 0.2) is 48.5 Å². The number of amides is 2. The van der Waals surface area contributed by atoms with Gasteiger partial charge in [0.05, 0.1) is 0 Å². The normalized spacial score (nSPS) is 14.7. The molecule has 142 valence electrons. The van der Waals surface area contributed by atoms with Gasteiger partial charge in [0.25, 0.3) is 5.91 Å². The number of nitrogens with zero attached hydrogens (tertiary/aromatic N) is 2. The Morgan fingerprint density at radius 3 is 2.41 bits per heavy atom. The predicted molar refractivity (Wildman–Crippen MR) is 103 cm³/mol. The fourth-order valence-corrected chi connectivity index (χ4v) is 3.42. The number of halogens is 1. The Labute approximate surface area is 159 Å². The number of benzene rings is 2. The molecule has 0 aliphatic carbocycles. The molecule has 0 radical (unpaired) electrons. The summed E-state index contributed by atoms with van der Waals surface area (Å²) in [5, 5.41) is 0. The molecule has 3 rings (SSSR count). The van der Waals surface area contributed by atoms with Crippen molar-refractivity contribution < 1.29 is 14.0 Å². The summed E-state index contributed by atoms with van der Waals surface area (Å²) in [7, 11) is 0. The van der Waals surface area contributed by atoms with Crippen molar-refractivity contribution in [2.75, 3.05) is 26.2 Å². The van der Waals surface area contributed by atoms with Gasteiger partial charge in [-0.2, -0.15) is 0 Å². The van der Waals surface area contributed by atoms with Crippen molar-refractivity contribution in [3.63, 3.8) is 0 Å². The van der Waals surface area contributed by atoms with Gasteiger partial charge in [-0.05, 0) is 49.6 Å². The van der Waals surface area contributed by atoms with Gasteiger partial charge >= 0.3 is 0 Å². The lowest BCUT2D eigenvalue weighted by Crippen LogP contribution is -2.37. The van der Waals surface area contributed by atoms with Crippen LogP contribution < -0.4 is 0 Å². The van der Waals surface area contributed by atoms with E-state index in [4.69, 9.17) is 0 Å². The van der Waals surface area contributed by atoms with Crippen molar-refractivity contribution in [2.24, 2.45) is 0 Å². The van der Waals surface area contributed by atoms with Gasteiger partial charge in [0.1, 0.15) is 5.82 Å². The average Bonchev–Trinajstić information content (AvgIpc) is 2.92. The maximum atomic E-state index is 13.0. The van der Waals surface area contributed by atoms with Crippen LogP contribution in [0, 0.1) is 12.7 Å². The number of carbonyl (C=O) groups is 2. The molecule has 27 heavy (non-hydrogen) atoms. The van der Waals surface area contributed by atoms with E-state index >= 15 is 0 Å². The van der Waals surface area contributed by atoms with Gasteiger partial charge in [-0.15, -0.1) is 0 Å². The summed E-state index contributed by atoms with van der Waals surface area (Å²) in [6.07, 6.45) is 1.97.